The molecule has 2 nitrogen and oxygen atoms in total. The first-order valence-corrected chi connectivity index (χ1v) is 4.44. The highest BCUT2D eigenvalue weighted by molar-refractivity contribution is 14.1. The molecule has 1 aromatic carbocycles. The van der Waals surface area contributed by atoms with Crippen LogP contribution in [0.5, 0.6) is 5.75 Å². The number of hydrogen-bond donors (Lipinski definition) is 1. The molecule has 0 aliphatic heterocycles. The van der Waals surface area contributed by atoms with Gasteiger partial charge in [0, 0.05) is 6.07 Å². The van der Waals surface area contributed by atoms with Crippen molar-refractivity contribution in [2.75, 3.05) is 10.6 Å². The van der Waals surface area contributed by atoms with Crippen molar-refractivity contribution in [2.24, 2.45) is 0 Å². The van der Waals surface area contributed by atoms with Gasteiger partial charge >= 0.3 is 0 Å². The molecule has 0 atom stereocenters. The van der Waals surface area contributed by atoms with Crippen molar-refractivity contribution in [3.8, 4) is 5.75 Å². The van der Waals surface area contributed by atoms with Crippen LogP contribution in [0.3, 0.4) is 0 Å². The second-order valence-electron chi connectivity index (χ2n) is 1.94. The standard InChI is InChI=1S/C7H7ClINO/c1-11-5-2-3-6(8)7(4-5)10-9/h2-4,10H,1H3. The molecule has 0 spiro atoms. The first-order chi connectivity index (χ1) is 5.27. The summed E-state index contributed by atoms with van der Waals surface area (Å²) in [6, 6.07) is 5.45. The van der Waals surface area contributed by atoms with E-state index in [4.69, 9.17) is 16.3 Å². The molecule has 0 fully saturated rings. The molecule has 0 aliphatic carbocycles. The van der Waals surface area contributed by atoms with Gasteiger partial charge in [0.2, 0.25) is 0 Å². The molecule has 0 saturated carbocycles. The summed E-state index contributed by atoms with van der Waals surface area (Å²) in [6.07, 6.45) is 0. The zero-order valence-electron chi connectivity index (χ0n) is 5.90. The van der Waals surface area contributed by atoms with Gasteiger partial charge in [-0.05, 0) is 12.1 Å². The van der Waals surface area contributed by atoms with E-state index >= 15 is 0 Å². The number of hydrogen-bond acceptors (Lipinski definition) is 2. The minimum absolute atomic E-state index is 0.695. The molecule has 0 saturated heterocycles. The lowest BCUT2D eigenvalue weighted by Gasteiger charge is -2.04. The normalized spacial score (nSPS) is 9.36. The van der Waals surface area contributed by atoms with E-state index in [1.54, 1.807) is 13.2 Å². The third-order valence-electron chi connectivity index (χ3n) is 1.28. The summed E-state index contributed by atoms with van der Waals surface area (Å²) in [5, 5.41) is 0.695. The molecule has 1 rings (SSSR count). The summed E-state index contributed by atoms with van der Waals surface area (Å²) in [4.78, 5) is 0. The third kappa shape index (κ3) is 2.13. The molecule has 0 heterocycles. The predicted octanol–water partition coefficient (Wildman–Crippen LogP) is 3.11. The number of benzene rings is 1. The molecule has 0 unspecified atom stereocenters. The molecule has 0 aliphatic rings. The Labute approximate surface area is 84.4 Å². The fourth-order valence-electron chi connectivity index (χ4n) is 0.704. The van der Waals surface area contributed by atoms with Crippen LogP contribution in [-0.2, 0) is 0 Å². The van der Waals surface area contributed by atoms with Crippen molar-refractivity contribution >= 4 is 40.2 Å². The van der Waals surface area contributed by atoms with Crippen LogP contribution in [0.1, 0.15) is 0 Å². The molecule has 60 valence electrons. The number of anilines is 1. The quantitative estimate of drug-likeness (QED) is 0.665. The molecule has 0 bridgehead atoms. The molecule has 11 heavy (non-hydrogen) atoms. The van der Waals surface area contributed by atoms with E-state index in [0.29, 0.717) is 5.02 Å². The minimum Gasteiger partial charge on any atom is -0.497 e. The third-order valence-corrected chi connectivity index (χ3v) is 2.19. The van der Waals surface area contributed by atoms with Crippen molar-refractivity contribution in [2.45, 2.75) is 0 Å². The maximum absolute atomic E-state index is 5.83. The van der Waals surface area contributed by atoms with Gasteiger partial charge in [-0.25, -0.2) is 0 Å². The first-order valence-electron chi connectivity index (χ1n) is 2.98. The number of rotatable bonds is 2. The molecule has 0 radical (unpaired) electrons. The highest BCUT2D eigenvalue weighted by Gasteiger charge is 1.99. The van der Waals surface area contributed by atoms with E-state index in [1.165, 1.54) is 0 Å². The summed E-state index contributed by atoms with van der Waals surface area (Å²) in [6.45, 7) is 0. The van der Waals surface area contributed by atoms with Crippen LogP contribution in [-0.4, -0.2) is 7.11 Å². The Morgan fingerprint density at radius 2 is 2.27 bits per heavy atom. The maximum atomic E-state index is 5.83. The van der Waals surface area contributed by atoms with E-state index in [2.05, 4.69) is 3.53 Å². The van der Waals surface area contributed by atoms with Crippen molar-refractivity contribution in [1.82, 2.24) is 0 Å². The van der Waals surface area contributed by atoms with Crippen molar-refractivity contribution < 1.29 is 4.74 Å². The average Bonchev–Trinajstić information content (AvgIpc) is 2.05. The summed E-state index contributed by atoms with van der Waals surface area (Å²) < 4.78 is 7.94. The summed E-state index contributed by atoms with van der Waals surface area (Å²) in [7, 11) is 1.63. The van der Waals surface area contributed by atoms with Gasteiger partial charge in [0.05, 0.1) is 40.7 Å². The molecule has 0 aromatic heterocycles. The molecule has 4 heteroatoms. The largest absolute Gasteiger partial charge is 0.497 e. The van der Waals surface area contributed by atoms with Crippen LogP contribution in [0.2, 0.25) is 5.02 Å². The topological polar surface area (TPSA) is 21.3 Å². The summed E-state index contributed by atoms with van der Waals surface area (Å²) in [5.74, 6) is 0.800. The number of nitrogens with one attached hydrogen (secondary N) is 1. The van der Waals surface area contributed by atoms with E-state index in [9.17, 15) is 0 Å². The van der Waals surface area contributed by atoms with Crippen LogP contribution in [0.4, 0.5) is 5.69 Å². The molecular formula is C7H7ClINO. The lowest BCUT2D eigenvalue weighted by Crippen LogP contribution is -1.85. The fraction of sp³-hybridized carbons (Fsp3) is 0.143. The van der Waals surface area contributed by atoms with Gasteiger partial charge in [-0.15, -0.1) is 0 Å². The lowest BCUT2D eigenvalue weighted by atomic mass is 10.3. The molecular weight excluding hydrogens is 276 g/mol. The lowest BCUT2D eigenvalue weighted by molar-refractivity contribution is 0.415. The molecule has 1 aromatic rings. The fourth-order valence-corrected chi connectivity index (χ4v) is 1.47. The Hall–Kier alpha value is -0.160. The highest BCUT2D eigenvalue weighted by atomic mass is 127. The van der Waals surface area contributed by atoms with Crippen molar-refractivity contribution in [3.63, 3.8) is 0 Å². The van der Waals surface area contributed by atoms with E-state index < -0.39 is 0 Å². The van der Waals surface area contributed by atoms with Crippen LogP contribution in [0.25, 0.3) is 0 Å². The van der Waals surface area contributed by atoms with Gasteiger partial charge in [0.15, 0.2) is 0 Å². The van der Waals surface area contributed by atoms with Crippen LogP contribution in [0, 0.1) is 0 Å². The smallest absolute Gasteiger partial charge is 0.121 e. The number of halogens is 2. The average molecular weight is 283 g/mol. The van der Waals surface area contributed by atoms with Gasteiger partial charge < -0.3 is 8.27 Å². The van der Waals surface area contributed by atoms with Crippen molar-refractivity contribution in [1.29, 1.82) is 0 Å². The second kappa shape index (κ2) is 4.01. The van der Waals surface area contributed by atoms with Gasteiger partial charge in [0.1, 0.15) is 5.75 Å². The summed E-state index contributed by atoms with van der Waals surface area (Å²) >= 11 is 7.85. The van der Waals surface area contributed by atoms with E-state index in [0.717, 1.165) is 11.4 Å². The highest BCUT2D eigenvalue weighted by Crippen LogP contribution is 2.27. The van der Waals surface area contributed by atoms with E-state index in [-0.39, 0.29) is 0 Å². The van der Waals surface area contributed by atoms with Crippen LogP contribution >= 0.6 is 34.5 Å². The maximum Gasteiger partial charge on any atom is 0.121 e. The molecule has 0 amide bonds. The van der Waals surface area contributed by atoms with Gasteiger partial charge in [-0.3, -0.25) is 0 Å². The van der Waals surface area contributed by atoms with Crippen molar-refractivity contribution in [3.05, 3.63) is 23.2 Å². The zero-order valence-corrected chi connectivity index (χ0v) is 8.81. The van der Waals surface area contributed by atoms with Gasteiger partial charge in [0.25, 0.3) is 0 Å². The Balaban J connectivity index is 3.02. The predicted molar refractivity (Wildman–Crippen MR) is 55.6 cm³/mol. The Bertz CT molecular complexity index is 254. The monoisotopic (exact) mass is 283 g/mol. The minimum atomic E-state index is 0.695. The van der Waals surface area contributed by atoms with Gasteiger partial charge in [-0.2, -0.15) is 0 Å². The Morgan fingerprint density at radius 3 is 2.82 bits per heavy atom. The first kappa shape index (κ1) is 8.93. The number of methoxy groups -OCH3 is 1. The Kier molecular flexibility index (Phi) is 3.26. The second-order valence-corrected chi connectivity index (χ2v) is 2.89. The Morgan fingerprint density at radius 1 is 1.55 bits per heavy atom. The van der Waals surface area contributed by atoms with Gasteiger partial charge in [-0.1, -0.05) is 11.6 Å². The molecule has 1 N–H and O–H groups in total. The summed E-state index contributed by atoms with van der Waals surface area (Å²) in [5.41, 5.74) is 0.867. The SMILES string of the molecule is COc1ccc(Cl)c(NI)c1. The van der Waals surface area contributed by atoms with Crippen LogP contribution < -0.4 is 8.27 Å². The number of ether oxygens (including phenoxy) is 1. The van der Waals surface area contributed by atoms with Crippen LogP contribution in [0.15, 0.2) is 18.2 Å². The zero-order chi connectivity index (χ0) is 8.27. The van der Waals surface area contributed by atoms with E-state index in [1.807, 2.05) is 35.0 Å².